The third-order valence-electron chi connectivity index (χ3n) is 2.83. The number of nitrogens with one attached hydrogen (secondary N) is 1. The minimum atomic E-state index is 0.700. The van der Waals surface area contributed by atoms with Gasteiger partial charge in [-0.1, -0.05) is 31.2 Å². The molecule has 0 radical (unpaired) electrons. The first-order valence-corrected chi connectivity index (χ1v) is 6.72. The molecule has 102 valence electrons. The lowest BCUT2D eigenvalue weighted by atomic mass is 10.1. The lowest BCUT2D eigenvalue weighted by Gasteiger charge is -2.10. The Morgan fingerprint density at radius 1 is 1.11 bits per heavy atom. The molecule has 0 unspecified atom stereocenters. The van der Waals surface area contributed by atoms with Crippen LogP contribution in [0.25, 0.3) is 0 Å². The highest BCUT2D eigenvalue weighted by Crippen LogP contribution is 2.10. The van der Waals surface area contributed by atoms with Crippen molar-refractivity contribution < 1.29 is 9.47 Å². The van der Waals surface area contributed by atoms with E-state index in [1.807, 2.05) is 0 Å². The lowest BCUT2D eigenvalue weighted by molar-refractivity contribution is 0.0925. The molecule has 0 spiro atoms. The molecule has 1 rings (SSSR count). The third kappa shape index (κ3) is 6.15. The summed E-state index contributed by atoms with van der Waals surface area (Å²) in [7, 11) is 1.72. The fourth-order valence-corrected chi connectivity index (χ4v) is 1.83. The molecule has 3 heteroatoms. The fourth-order valence-electron chi connectivity index (χ4n) is 1.83. The van der Waals surface area contributed by atoms with Gasteiger partial charge in [-0.05, 0) is 37.1 Å². The number of ether oxygens (including phenoxy) is 2. The Hall–Kier alpha value is -0.900. The molecule has 3 nitrogen and oxygen atoms in total. The summed E-state index contributed by atoms with van der Waals surface area (Å²) in [4.78, 5) is 0. The van der Waals surface area contributed by atoms with Gasteiger partial charge in [0, 0.05) is 20.3 Å². The van der Waals surface area contributed by atoms with Crippen LogP contribution in [0.3, 0.4) is 0 Å². The van der Waals surface area contributed by atoms with Gasteiger partial charge in [0.15, 0.2) is 0 Å². The van der Waals surface area contributed by atoms with Gasteiger partial charge >= 0.3 is 0 Å². The smallest absolute Gasteiger partial charge is 0.0719 e. The van der Waals surface area contributed by atoms with Crippen LogP contribution in [0.15, 0.2) is 24.3 Å². The minimum absolute atomic E-state index is 0.700. The van der Waals surface area contributed by atoms with Crippen molar-refractivity contribution in [3.05, 3.63) is 35.4 Å². The van der Waals surface area contributed by atoms with Crippen molar-refractivity contribution in [3.8, 4) is 0 Å². The molecule has 1 N–H and O–H groups in total. The Balaban J connectivity index is 2.33. The highest BCUT2D eigenvalue weighted by molar-refractivity contribution is 5.26. The molecular formula is C15H25NO2. The molecular weight excluding hydrogens is 226 g/mol. The van der Waals surface area contributed by atoms with E-state index in [1.54, 1.807) is 7.11 Å². The molecule has 1 aromatic carbocycles. The van der Waals surface area contributed by atoms with E-state index in [0.29, 0.717) is 6.61 Å². The largest absolute Gasteiger partial charge is 0.385 e. The molecule has 0 aliphatic rings. The molecule has 0 amide bonds. The number of likely N-dealkylation sites (N-methyl/N-ethyl adjacent to an activating group) is 1. The topological polar surface area (TPSA) is 30.5 Å². The highest BCUT2D eigenvalue weighted by Gasteiger charge is 2.01. The van der Waals surface area contributed by atoms with Crippen molar-refractivity contribution in [3.63, 3.8) is 0 Å². The molecule has 1 aromatic rings. The molecule has 0 heterocycles. The highest BCUT2D eigenvalue weighted by atomic mass is 16.5. The zero-order valence-electron chi connectivity index (χ0n) is 11.6. The quantitative estimate of drug-likeness (QED) is 0.648. The van der Waals surface area contributed by atoms with Crippen LogP contribution in [-0.4, -0.2) is 33.4 Å². The first kappa shape index (κ1) is 15.2. The SMILES string of the molecule is CCNCCc1ccccc1COCCCOC. The number of rotatable bonds is 10. The van der Waals surface area contributed by atoms with Crippen LogP contribution >= 0.6 is 0 Å². The molecule has 0 saturated heterocycles. The predicted octanol–water partition coefficient (Wildman–Crippen LogP) is 2.39. The molecule has 0 atom stereocenters. The van der Waals surface area contributed by atoms with E-state index in [4.69, 9.17) is 9.47 Å². The molecule has 0 aliphatic carbocycles. The van der Waals surface area contributed by atoms with Crippen molar-refractivity contribution in [1.82, 2.24) is 5.32 Å². The molecule has 0 aromatic heterocycles. The zero-order chi connectivity index (χ0) is 13.1. The lowest BCUT2D eigenvalue weighted by Crippen LogP contribution is -2.16. The maximum atomic E-state index is 5.67. The molecule has 0 bridgehead atoms. The Morgan fingerprint density at radius 3 is 2.61 bits per heavy atom. The van der Waals surface area contributed by atoms with Crippen LogP contribution in [0.4, 0.5) is 0 Å². The van der Waals surface area contributed by atoms with E-state index in [9.17, 15) is 0 Å². The van der Waals surface area contributed by atoms with E-state index in [2.05, 4.69) is 36.5 Å². The summed E-state index contributed by atoms with van der Waals surface area (Å²) in [5, 5.41) is 3.35. The summed E-state index contributed by atoms with van der Waals surface area (Å²) in [6.45, 7) is 6.40. The second kappa shape index (κ2) is 10.1. The zero-order valence-corrected chi connectivity index (χ0v) is 11.6. The first-order chi connectivity index (χ1) is 8.88. The number of benzene rings is 1. The number of methoxy groups -OCH3 is 1. The van der Waals surface area contributed by atoms with E-state index in [1.165, 1.54) is 11.1 Å². The molecule has 18 heavy (non-hydrogen) atoms. The van der Waals surface area contributed by atoms with Gasteiger partial charge in [-0.2, -0.15) is 0 Å². The fraction of sp³-hybridized carbons (Fsp3) is 0.600. The van der Waals surface area contributed by atoms with Gasteiger partial charge < -0.3 is 14.8 Å². The van der Waals surface area contributed by atoms with Crippen LogP contribution in [0.1, 0.15) is 24.5 Å². The van der Waals surface area contributed by atoms with Crippen LogP contribution in [0, 0.1) is 0 Å². The van der Waals surface area contributed by atoms with Crippen LogP contribution in [0.5, 0.6) is 0 Å². The van der Waals surface area contributed by atoms with E-state index in [0.717, 1.165) is 39.1 Å². The first-order valence-electron chi connectivity index (χ1n) is 6.72. The summed E-state index contributed by atoms with van der Waals surface area (Å²) in [6.07, 6.45) is 2.02. The second-order valence-corrected chi connectivity index (χ2v) is 4.27. The van der Waals surface area contributed by atoms with E-state index < -0.39 is 0 Å². The van der Waals surface area contributed by atoms with Gasteiger partial charge in [0.25, 0.3) is 0 Å². The molecule has 0 saturated carbocycles. The van der Waals surface area contributed by atoms with Gasteiger partial charge in [-0.15, -0.1) is 0 Å². The van der Waals surface area contributed by atoms with Gasteiger partial charge in [-0.3, -0.25) is 0 Å². The maximum Gasteiger partial charge on any atom is 0.0719 e. The number of hydrogen-bond donors (Lipinski definition) is 1. The Labute approximate surface area is 110 Å². The van der Waals surface area contributed by atoms with Crippen molar-refractivity contribution in [2.24, 2.45) is 0 Å². The molecule has 0 aliphatic heterocycles. The van der Waals surface area contributed by atoms with Gasteiger partial charge in [0.05, 0.1) is 6.61 Å². The predicted molar refractivity (Wildman–Crippen MR) is 74.8 cm³/mol. The Morgan fingerprint density at radius 2 is 1.89 bits per heavy atom. The van der Waals surface area contributed by atoms with Crippen molar-refractivity contribution in [1.29, 1.82) is 0 Å². The third-order valence-corrected chi connectivity index (χ3v) is 2.83. The summed E-state index contributed by atoms with van der Waals surface area (Å²) in [5.74, 6) is 0. The second-order valence-electron chi connectivity index (χ2n) is 4.27. The summed E-state index contributed by atoms with van der Waals surface area (Å²) in [5.41, 5.74) is 2.68. The Kier molecular flexibility index (Phi) is 8.47. The monoisotopic (exact) mass is 251 g/mol. The Bertz CT molecular complexity index is 315. The minimum Gasteiger partial charge on any atom is -0.385 e. The standard InChI is InChI=1S/C15H25NO2/c1-3-16-10-9-14-7-4-5-8-15(14)13-18-12-6-11-17-2/h4-5,7-8,16H,3,6,9-13H2,1-2H3. The summed E-state index contributed by atoms with van der Waals surface area (Å²) < 4.78 is 10.7. The molecule has 0 fully saturated rings. The average molecular weight is 251 g/mol. The van der Waals surface area contributed by atoms with E-state index >= 15 is 0 Å². The average Bonchev–Trinajstić information content (AvgIpc) is 2.40. The van der Waals surface area contributed by atoms with Crippen LogP contribution < -0.4 is 5.32 Å². The maximum absolute atomic E-state index is 5.67. The summed E-state index contributed by atoms with van der Waals surface area (Å²) in [6, 6.07) is 8.50. The van der Waals surface area contributed by atoms with Crippen molar-refractivity contribution >= 4 is 0 Å². The normalized spacial score (nSPS) is 10.8. The van der Waals surface area contributed by atoms with Gasteiger partial charge in [-0.25, -0.2) is 0 Å². The van der Waals surface area contributed by atoms with E-state index in [-0.39, 0.29) is 0 Å². The van der Waals surface area contributed by atoms with Crippen molar-refractivity contribution in [2.75, 3.05) is 33.4 Å². The van der Waals surface area contributed by atoms with Gasteiger partial charge in [0.1, 0.15) is 0 Å². The van der Waals surface area contributed by atoms with Crippen LogP contribution in [0.2, 0.25) is 0 Å². The van der Waals surface area contributed by atoms with Gasteiger partial charge in [0.2, 0.25) is 0 Å². The van der Waals surface area contributed by atoms with Crippen molar-refractivity contribution in [2.45, 2.75) is 26.4 Å². The number of hydrogen-bond acceptors (Lipinski definition) is 3. The van der Waals surface area contributed by atoms with Crippen LogP contribution in [-0.2, 0) is 22.5 Å². The summed E-state index contributed by atoms with van der Waals surface area (Å²) >= 11 is 0.